The van der Waals surface area contributed by atoms with Gasteiger partial charge in [-0.25, -0.2) is 4.98 Å². The van der Waals surface area contributed by atoms with E-state index in [1.54, 1.807) is 23.7 Å². The fourth-order valence-electron chi connectivity index (χ4n) is 2.18. The Kier molecular flexibility index (Phi) is 4.65. The van der Waals surface area contributed by atoms with Crippen LogP contribution >= 0.6 is 11.3 Å². The largest absolute Gasteiger partial charge is 0.394 e. The van der Waals surface area contributed by atoms with Gasteiger partial charge in [-0.1, -0.05) is 0 Å². The maximum Gasteiger partial charge on any atom is 0.262 e. The molecule has 3 rings (SSSR count). The van der Waals surface area contributed by atoms with Crippen molar-refractivity contribution in [2.24, 2.45) is 0 Å². The van der Waals surface area contributed by atoms with E-state index in [0.717, 1.165) is 0 Å². The van der Waals surface area contributed by atoms with Gasteiger partial charge in [0.1, 0.15) is 4.83 Å². The molecule has 9 heteroatoms. The Labute approximate surface area is 140 Å². The van der Waals surface area contributed by atoms with Crippen molar-refractivity contribution < 1.29 is 15.0 Å². The Balaban J connectivity index is 1.98. The quantitative estimate of drug-likeness (QED) is 0.618. The van der Waals surface area contributed by atoms with E-state index >= 15 is 0 Å². The molecule has 3 N–H and O–H groups in total. The van der Waals surface area contributed by atoms with Gasteiger partial charge in [0.25, 0.3) is 11.5 Å². The zero-order valence-corrected chi connectivity index (χ0v) is 13.2. The number of aliphatic hydroxyl groups excluding tert-OH is 2. The number of aromatic nitrogens is 3. The van der Waals surface area contributed by atoms with Crippen molar-refractivity contribution in [2.45, 2.75) is 12.6 Å². The molecule has 1 atom stereocenters. The lowest BCUT2D eigenvalue weighted by Gasteiger charge is -2.09. The molecule has 0 saturated carbocycles. The van der Waals surface area contributed by atoms with Crippen molar-refractivity contribution in [3.05, 3.63) is 52.2 Å². The summed E-state index contributed by atoms with van der Waals surface area (Å²) < 4.78 is 1.18. The number of hydrogen-bond acceptors (Lipinski definition) is 7. The molecule has 3 aromatic heterocycles. The molecule has 1 amide bonds. The number of hydrogen-bond donors (Lipinski definition) is 3. The molecule has 0 radical (unpaired) electrons. The summed E-state index contributed by atoms with van der Waals surface area (Å²) in [5.74, 6) is -0.436. The van der Waals surface area contributed by atoms with E-state index in [1.807, 2.05) is 0 Å². The summed E-state index contributed by atoms with van der Waals surface area (Å²) in [4.78, 5) is 33.5. The minimum absolute atomic E-state index is 0.0994. The highest BCUT2D eigenvalue weighted by Crippen LogP contribution is 2.22. The molecule has 0 aliphatic carbocycles. The number of rotatable bonds is 5. The van der Waals surface area contributed by atoms with Crippen molar-refractivity contribution in [3.8, 4) is 0 Å². The highest BCUT2D eigenvalue weighted by atomic mass is 32.1. The number of carbonyl (C=O) groups is 1. The summed E-state index contributed by atoms with van der Waals surface area (Å²) >= 11 is 1.19. The maximum atomic E-state index is 12.6. The van der Waals surface area contributed by atoms with Gasteiger partial charge in [0, 0.05) is 11.6 Å². The number of fused-ring (bicyclic) bond motifs is 1. The Morgan fingerprint density at radius 3 is 3.00 bits per heavy atom. The molecular formula is C15H14N4O4S. The Morgan fingerprint density at radius 2 is 2.29 bits per heavy atom. The molecule has 0 saturated heterocycles. The second-order valence-electron chi connectivity index (χ2n) is 5.06. The molecular weight excluding hydrogens is 332 g/mol. The van der Waals surface area contributed by atoms with Crippen LogP contribution in [0.5, 0.6) is 0 Å². The molecule has 8 nitrogen and oxygen atoms in total. The fraction of sp³-hybridized carbons (Fsp3) is 0.200. The lowest BCUT2D eigenvalue weighted by atomic mass is 10.2. The van der Waals surface area contributed by atoms with Crippen molar-refractivity contribution in [2.75, 3.05) is 11.9 Å². The lowest BCUT2D eigenvalue weighted by molar-refractivity contribution is 0.0803. The van der Waals surface area contributed by atoms with Gasteiger partial charge < -0.3 is 15.5 Å². The molecule has 0 aromatic carbocycles. The molecule has 3 aromatic rings. The van der Waals surface area contributed by atoms with Crippen LogP contribution in [0.4, 0.5) is 5.69 Å². The van der Waals surface area contributed by atoms with Gasteiger partial charge in [-0.05, 0) is 12.1 Å². The number of anilines is 1. The first-order chi connectivity index (χ1) is 11.6. The summed E-state index contributed by atoms with van der Waals surface area (Å²) in [6, 6.07) is 3.37. The minimum Gasteiger partial charge on any atom is -0.394 e. The van der Waals surface area contributed by atoms with E-state index in [1.165, 1.54) is 28.4 Å². The summed E-state index contributed by atoms with van der Waals surface area (Å²) in [6.07, 6.45) is 3.31. The molecule has 0 bridgehead atoms. The number of pyridine rings is 1. The molecule has 24 heavy (non-hydrogen) atoms. The smallest absolute Gasteiger partial charge is 0.262 e. The van der Waals surface area contributed by atoms with Crippen LogP contribution in [0.1, 0.15) is 10.4 Å². The average Bonchev–Trinajstić information content (AvgIpc) is 3.03. The Hall–Kier alpha value is -2.62. The highest BCUT2D eigenvalue weighted by molar-refractivity contribution is 7.17. The normalized spacial score (nSPS) is 12.2. The summed E-state index contributed by atoms with van der Waals surface area (Å²) in [6.45, 7) is -0.569. The fourth-order valence-corrected chi connectivity index (χ4v) is 3.06. The number of amides is 1. The van der Waals surface area contributed by atoms with Gasteiger partial charge in [-0.2, -0.15) is 0 Å². The molecule has 0 fully saturated rings. The lowest BCUT2D eigenvalue weighted by Crippen LogP contribution is -2.29. The Bertz CT molecular complexity index is 922. The molecule has 0 aliphatic rings. The van der Waals surface area contributed by atoms with E-state index in [2.05, 4.69) is 15.3 Å². The van der Waals surface area contributed by atoms with E-state index in [9.17, 15) is 14.7 Å². The SMILES string of the molecule is O=C(Nc1cccnc1)c1csc2ncn(CC(O)CO)c(=O)c12. The van der Waals surface area contributed by atoms with Crippen molar-refractivity contribution >= 4 is 33.1 Å². The van der Waals surface area contributed by atoms with Crippen LogP contribution in [0.15, 0.2) is 41.0 Å². The highest BCUT2D eigenvalue weighted by Gasteiger charge is 2.18. The summed E-state index contributed by atoms with van der Waals surface area (Å²) in [5.41, 5.74) is 0.288. The topological polar surface area (TPSA) is 117 Å². The van der Waals surface area contributed by atoms with Crippen molar-refractivity contribution in [1.82, 2.24) is 14.5 Å². The molecule has 124 valence electrons. The van der Waals surface area contributed by atoms with Gasteiger partial charge in [-0.15, -0.1) is 11.3 Å². The van der Waals surface area contributed by atoms with Gasteiger partial charge in [0.2, 0.25) is 0 Å². The third-order valence-corrected chi connectivity index (χ3v) is 4.23. The van der Waals surface area contributed by atoms with E-state index in [4.69, 9.17) is 5.11 Å². The monoisotopic (exact) mass is 346 g/mol. The molecule has 3 heterocycles. The predicted octanol–water partition coefficient (Wildman–Crippen LogP) is 0.458. The van der Waals surface area contributed by atoms with E-state index in [-0.39, 0.29) is 17.5 Å². The molecule has 0 spiro atoms. The van der Waals surface area contributed by atoms with E-state index in [0.29, 0.717) is 10.5 Å². The third kappa shape index (κ3) is 3.18. The van der Waals surface area contributed by atoms with Crippen LogP contribution in [0, 0.1) is 0 Å². The van der Waals surface area contributed by atoms with Gasteiger partial charge >= 0.3 is 0 Å². The van der Waals surface area contributed by atoms with Gasteiger partial charge in [0.15, 0.2) is 0 Å². The van der Waals surface area contributed by atoms with Gasteiger partial charge in [-0.3, -0.25) is 19.1 Å². The summed E-state index contributed by atoms with van der Waals surface area (Å²) in [5, 5.41) is 22.9. The first kappa shape index (κ1) is 16.2. The zero-order chi connectivity index (χ0) is 17.1. The first-order valence-corrected chi connectivity index (χ1v) is 7.95. The zero-order valence-electron chi connectivity index (χ0n) is 12.4. The number of nitrogens with zero attached hydrogens (tertiary/aromatic N) is 3. The Morgan fingerprint density at radius 1 is 1.46 bits per heavy atom. The predicted molar refractivity (Wildman–Crippen MR) is 89.2 cm³/mol. The number of nitrogens with one attached hydrogen (secondary N) is 1. The standard InChI is InChI=1S/C15H14N4O4S/c20-6-10(21)5-19-8-17-14-12(15(19)23)11(7-24-14)13(22)18-9-2-1-3-16-4-9/h1-4,7-8,10,20-21H,5-6H2,(H,18,22). The minimum atomic E-state index is -1.08. The van der Waals surface area contributed by atoms with Crippen LogP contribution in [0.25, 0.3) is 10.2 Å². The maximum absolute atomic E-state index is 12.6. The van der Waals surface area contributed by atoms with Crippen molar-refractivity contribution in [3.63, 3.8) is 0 Å². The number of thiophene rings is 1. The third-order valence-electron chi connectivity index (χ3n) is 3.34. The summed E-state index contributed by atoms with van der Waals surface area (Å²) in [7, 11) is 0. The van der Waals surface area contributed by atoms with Crippen LogP contribution in [-0.4, -0.2) is 43.4 Å². The number of carbonyl (C=O) groups excluding carboxylic acids is 1. The van der Waals surface area contributed by atoms with Crippen LogP contribution < -0.4 is 10.9 Å². The average molecular weight is 346 g/mol. The number of aliphatic hydroxyl groups is 2. The second kappa shape index (κ2) is 6.87. The second-order valence-corrected chi connectivity index (χ2v) is 5.92. The van der Waals surface area contributed by atoms with Crippen LogP contribution in [0.2, 0.25) is 0 Å². The van der Waals surface area contributed by atoms with E-state index < -0.39 is 24.2 Å². The van der Waals surface area contributed by atoms with Crippen LogP contribution in [0.3, 0.4) is 0 Å². The van der Waals surface area contributed by atoms with Crippen molar-refractivity contribution in [1.29, 1.82) is 0 Å². The molecule has 0 aliphatic heterocycles. The first-order valence-electron chi connectivity index (χ1n) is 7.07. The van der Waals surface area contributed by atoms with Crippen LogP contribution in [-0.2, 0) is 6.54 Å². The molecule has 1 unspecified atom stereocenters. The van der Waals surface area contributed by atoms with Gasteiger partial charge in [0.05, 0.1) is 48.4 Å².